The number of nitrogens with two attached hydrogens (primary N) is 1. The van der Waals surface area contributed by atoms with Gasteiger partial charge < -0.3 is 20.9 Å². The molecule has 25 heavy (non-hydrogen) atoms. The second kappa shape index (κ2) is 6.54. The molecule has 9 nitrogen and oxygen atoms in total. The van der Waals surface area contributed by atoms with Crippen molar-refractivity contribution in [2.75, 3.05) is 19.7 Å². The van der Waals surface area contributed by atoms with Crippen LogP contribution >= 0.6 is 11.8 Å². The van der Waals surface area contributed by atoms with Crippen LogP contribution in [0.15, 0.2) is 10.6 Å². The first-order valence-corrected chi connectivity index (χ1v) is 10.4. The predicted molar refractivity (Wildman–Crippen MR) is 90.4 cm³/mol. The molecule has 1 aliphatic carbocycles. The molecule has 1 saturated carbocycles. The molecule has 3 rings (SSSR count). The first kappa shape index (κ1) is 18.6. The van der Waals surface area contributed by atoms with Crippen LogP contribution in [0, 0.1) is 0 Å². The average molecular weight is 391 g/mol. The number of rotatable bonds is 5. The number of nitrogens with one attached hydrogen (secondary N) is 1. The van der Waals surface area contributed by atoms with Crippen molar-refractivity contribution < 1.29 is 27.9 Å². The Morgan fingerprint density at radius 2 is 2.12 bits per heavy atom. The SMILES string of the molecule is CC1CN(S(=O)(=O)C2CC(C(N)=O)=C(NC(=O)C3(O)CC3)S2)CCO1. The van der Waals surface area contributed by atoms with Crippen LogP contribution < -0.4 is 11.1 Å². The van der Waals surface area contributed by atoms with E-state index < -0.39 is 32.0 Å². The fraction of sp³-hybridized carbons (Fsp3) is 0.714. The largest absolute Gasteiger partial charge is 0.380 e. The number of ether oxygens (including phenoxy) is 1. The van der Waals surface area contributed by atoms with Gasteiger partial charge in [-0.15, -0.1) is 0 Å². The summed E-state index contributed by atoms with van der Waals surface area (Å²) in [5.41, 5.74) is 3.99. The van der Waals surface area contributed by atoms with E-state index in [-0.39, 0.29) is 36.2 Å². The summed E-state index contributed by atoms with van der Waals surface area (Å²) in [5, 5.41) is 12.4. The molecule has 2 fully saturated rings. The van der Waals surface area contributed by atoms with E-state index in [1.165, 1.54) is 4.31 Å². The number of aliphatic hydroxyl groups is 1. The molecule has 2 unspecified atom stereocenters. The van der Waals surface area contributed by atoms with E-state index in [9.17, 15) is 23.1 Å². The number of nitrogens with zero attached hydrogens (tertiary/aromatic N) is 1. The maximum absolute atomic E-state index is 12.9. The third-order valence-corrected chi connectivity index (χ3v) is 8.38. The third-order valence-electron chi connectivity index (χ3n) is 4.46. The molecule has 2 atom stereocenters. The Morgan fingerprint density at radius 1 is 1.44 bits per heavy atom. The molecular formula is C14H21N3O6S2. The summed E-state index contributed by atoms with van der Waals surface area (Å²) >= 11 is 0.886. The van der Waals surface area contributed by atoms with Crippen LogP contribution in [0.2, 0.25) is 0 Å². The Morgan fingerprint density at radius 3 is 2.68 bits per heavy atom. The molecule has 0 radical (unpaired) electrons. The van der Waals surface area contributed by atoms with Gasteiger partial charge in [0, 0.05) is 25.1 Å². The highest BCUT2D eigenvalue weighted by molar-refractivity contribution is 8.15. The lowest BCUT2D eigenvalue weighted by Gasteiger charge is -2.32. The van der Waals surface area contributed by atoms with Gasteiger partial charge in [-0.25, -0.2) is 8.42 Å². The summed E-state index contributed by atoms with van der Waals surface area (Å²) in [4.78, 5) is 23.7. The summed E-state index contributed by atoms with van der Waals surface area (Å²) in [6.07, 6.45) is 0.399. The van der Waals surface area contributed by atoms with Crippen molar-refractivity contribution in [1.29, 1.82) is 0 Å². The van der Waals surface area contributed by atoms with Crippen LogP contribution in [0.4, 0.5) is 0 Å². The summed E-state index contributed by atoms with van der Waals surface area (Å²) in [6.45, 7) is 2.59. The molecule has 4 N–H and O–H groups in total. The first-order valence-electron chi connectivity index (χ1n) is 7.97. The Balaban J connectivity index is 1.75. The van der Waals surface area contributed by atoms with Crippen molar-refractivity contribution in [3.05, 3.63) is 10.6 Å². The first-order chi connectivity index (χ1) is 11.6. The van der Waals surface area contributed by atoms with Crippen LogP contribution in [0.3, 0.4) is 0 Å². The number of carbonyl (C=O) groups excluding carboxylic acids is 2. The summed E-state index contributed by atoms with van der Waals surface area (Å²) in [7, 11) is -3.70. The van der Waals surface area contributed by atoms with E-state index in [1.807, 2.05) is 0 Å². The van der Waals surface area contributed by atoms with Crippen molar-refractivity contribution in [3.8, 4) is 0 Å². The van der Waals surface area contributed by atoms with Crippen LogP contribution in [0.1, 0.15) is 26.2 Å². The number of amides is 2. The van der Waals surface area contributed by atoms with Gasteiger partial charge in [0.25, 0.3) is 5.91 Å². The Labute approximate surface area is 150 Å². The molecule has 0 aromatic rings. The standard InChI is InChI=1S/C14H21N3O6S2/c1-8-7-17(4-5-23-8)25(21,22)10-6-9(11(15)18)12(24-10)16-13(19)14(20)2-3-14/h8,10,20H,2-7H2,1H3,(H2,15,18)(H,16,19). The third kappa shape index (κ3) is 3.70. The molecule has 0 aromatic carbocycles. The maximum atomic E-state index is 12.9. The van der Waals surface area contributed by atoms with Crippen molar-refractivity contribution in [1.82, 2.24) is 9.62 Å². The highest BCUT2D eigenvalue weighted by atomic mass is 32.3. The monoisotopic (exact) mass is 391 g/mol. The smallest absolute Gasteiger partial charge is 0.256 e. The van der Waals surface area contributed by atoms with Crippen molar-refractivity contribution in [3.63, 3.8) is 0 Å². The zero-order chi connectivity index (χ0) is 18.4. The Bertz CT molecular complexity index is 731. The van der Waals surface area contributed by atoms with Gasteiger partial charge >= 0.3 is 0 Å². The second-order valence-electron chi connectivity index (χ2n) is 6.49. The highest BCUT2D eigenvalue weighted by Gasteiger charge is 2.49. The second-order valence-corrected chi connectivity index (χ2v) is 10.1. The van der Waals surface area contributed by atoms with E-state index >= 15 is 0 Å². The summed E-state index contributed by atoms with van der Waals surface area (Å²) < 4.78 is 31.5. The van der Waals surface area contributed by atoms with Crippen LogP contribution in [0.25, 0.3) is 0 Å². The minimum atomic E-state index is -3.70. The molecule has 0 spiro atoms. The number of thioether (sulfide) groups is 1. The number of hydrogen-bond acceptors (Lipinski definition) is 7. The lowest BCUT2D eigenvalue weighted by molar-refractivity contribution is -0.130. The fourth-order valence-electron chi connectivity index (χ4n) is 2.74. The van der Waals surface area contributed by atoms with E-state index in [0.29, 0.717) is 19.4 Å². The lowest BCUT2D eigenvalue weighted by Crippen LogP contribution is -2.47. The zero-order valence-corrected chi connectivity index (χ0v) is 15.4. The summed E-state index contributed by atoms with van der Waals surface area (Å²) in [5.74, 6) is -1.41. The molecule has 3 aliphatic rings. The molecule has 140 valence electrons. The van der Waals surface area contributed by atoms with Gasteiger partial charge in [0.15, 0.2) is 0 Å². The molecule has 2 heterocycles. The zero-order valence-electron chi connectivity index (χ0n) is 13.7. The predicted octanol–water partition coefficient (Wildman–Crippen LogP) is -1.16. The lowest BCUT2D eigenvalue weighted by atomic mass is 10.2. The van der Waals surface area contributed by atoms with Crippen LogP contribution in [0.5, 0.6) is 0 Å². The number of carbonyl (C=O) groups is 2. The number of sulfonamides is 1. The topological polar surface area (TPSA) is 139 Å². The van der Waals surface area contributed by atoms with Gasteiger partial charge in [-0.1, -0.05) is 11.8 Å². The molecule has 2 aliphatic heterocycles. The van der Waals surface area contributed by atoms with Crippen molar-refractivity contribution in [2.24, 2.45) is 5.73 Å². The number of primary amides is 1. The normalized spacial score (nSPS) is 29.5. The van der Waals surface area contributed by atoms with Crippen LogP contribution in [-0.4, -0.2) is 65.6 Å². The molecule has 11 heteroatoms. The molecule has 0 bridgehead atoms. The van der Waals surface area contributed by atoms with Gasteiger partial charge in [-0.05, 0) is 19.8 Å². The number of hydrogen-bond donors (Lipinski definition) is 3. The van der Waals surface area contributed by atoms with E-state index in [0.717, 1.165) is 11.8 Å². The number of morpholine rings is 1. The highest BCUT2D eigenvalue weighted by Crippen LogP contribution is 2.42. The van der Waals surface area contributed by atoms with Gasteiger partial charge in [-0.3, -0.25) is 9.59 Å². The summed E-state index contributed by atoms with van der Waals surface area (Å²) in [6, 6.07) is 0. The van der Waals surface area contributed by atoms with Crippen molar-refractivity contribution in [2.45, 2.75) is 42.5 Å². The Kier molecular flexibility index (Phi) is 4.88. The molecule has 0 aromatic heterocycles. The average Bonchev–Trinajstić information content (AvgIpc) is 3.14. The van der Waals surface area contributed by atoms with E-state index in [2.05, 4.69) is 5.32 Å². The van der Waals surface area contributed by atoms with E-state index in [4.69, 9.17) is 10.5 Å². The van der Waals surface area contributed by atoms with Gasteiger partial charge in [0.2, 0.25) is 15.9 Å². The Hall–Kier alpha value is -1.14. The molecule has 1 saturated heterocycles. The fourth-order valence-corrected chi connectivity index (χ4v) is 6.32. The molecular weight excluding hydrogens is 370 g/mol. The van der Waals surface area contributed by atoms with Gasteiger partial charge in [0.05, 0.1) is 17.7 Å². The maximum Gasteiger partial charge on any atom is 0.256 e. The molecule has 2 amide bonds. The minimum absolute atomic E-state index is 0.0671. The van der Waals surface area contributed by atoms with Crippen molar-refractivity contribution >= 4 is 33.6 Å². The van der Waals surface area contributed by atoms with Gasteiger partial charge in [0.1, 0.15) is 10.2 Å². The van der Waals surface area contributed by atoms with E-state index in [1.54, 1.807) is 6.92 Å². The minimum Gasteiger partial charge on any atom is -0.380 e. The quantitative estimate of drug-likeness (QED) is 0.537. The van der Waals surface area contributed by atoms with Gasteiger partial charge in [-0.2, -0.15) is 4.31 Å². The van der Waals surface area contributed by atoms with Crippen LogP contribution in [-0.2, 0) is 24.3 Å².